The largest absolute Gasteiger partial charge is 0.437 e. The zero-order valence-electron chi connectivity index (χ0n) is 19.7. The number of ether oxygens (including phenoxy) is 1. The van der Waals surface area contributed by atoms with Crippen molar-refractivity contribution in [3.05, 3.63) is 78.1 Å². The summed E-state index contributed by atoms with van der Waals surface area (Å²) in [4.78, 5) is 29.0. The van der Waals surface area contributed by atoms with Gasteiger partial charge in [-0.25, -0.2) is 9.97 Å². The van der Waals surface area contributed by atoms with Gasteiger partial charge in [0.1, 0.15) is 5.52 Å². The molecule has 0 spiro atoms. The van der Waals surface area contributed by atoms with Crippen LogP contribution >= 0.6 is 11.3 Å². The third-order valence-corrected chi connectivity index (χ3v) is 6.34. The zero-order valence-corrected chi connectivity index (χ0v) is 20.5. The van der Waals surface area contributed by atoms with Crippen molar-refractivity contribution in [2.75, 3.05) is 5.32 Å². The number of aliphatic hydroxyl groups excluding tert-OH is 1. The molecule has 2 aromatic carbocycles. The van der Waals surface area contributed by atoms with E-state index in [9.17, 15) is 23.1 Å². The van der Waals surface area contributed by atoms with Crippen molar-refractivity contribution in [1.29, 1.82) is 0 Å². The Hall–Kier alpha value is -4.42. The fourth-order valence-electron chi connectivity index (χ4n) is 3.67. The number of carbonyl (C=O) groups is 1. The van der Waals surface area contributed by atoms with Crippen molar-refractivity contribution < 1.29 is 27.8 Å². The second kappa shape index (κ2) is 10.1. The number of nitrogens with zero attached hydrogens (tertiary/aromatic N) is 4. The number of carbonyl (C=O) groups excluding carboxylic acids is 1. The van der Waals surface area contributed by atoms with Crippen LogP contribution in [0.1, 0.15) is 18.1 Å². The number of fused-ring (bicyclic) bond motifs is 1. The molecule has 0 unspecified atom stereocenters. The molecule has 2 N–H and O–H groups in total. The number of anilines is 1. The SMILES string of the molecule is CC(=O)Nc1nc2c(Oc3cc(-c4ccc(C(F)(F)F)cc4)nc(-c4ccncc4CO)n3)cccc2s1. The van der Waals surface area contributed by atoms with E-state index in [0.29, 0.717) is 38.8 Å². The molecule has 0 bridgehead atoms. The van der Waals surface area contributed by atoms with E-state index >= 15 is 0 Å². The summed E-state index contributed by atoms with van der Waals surface area (Å²) in [5, 5.41) is 12.8. The van der Waals surface area contributed by atoms with Crippen LogP contribution in [0.3, 0.4) is 0 Å². The minimum absolute atomic E-state index is 0.104. The van der Waals surface area contributed by atoms with Gasteiger partial charge in [-0.1, -0.05) is 29.5 Å². The van der Waals surface area contributed by atoms with Crippen LogP contribution in [-0.4, -0.2) is 30.9 Å². The van der Waals surface area contributed by atoms with E-state index in [0.717, 1.165) is 16.8 Å². The molecule has 5 aromatic rings. The first-order chi connectivity index (χ1) is 18.2. The smallest absolute Gasteiger partial charge is 0.416 e. The summed E-state index contributed by atoms with van der Waals surface area (Å²) in [7, 11) is 0. The minimum Gasteiger partial charge on any atom is -0.437 e. The number of amides is 1. The van der Waals surface area contributed by atoms with Gasteiger partial charge >= 0.3 is 6.18 Å². The van der Waals surface area contributed by atoms with Gasteiger partial charge in [-0.15, -0.1) is 0 Å². The second-order valence-electron chi connectivity index (χ2n) is 8.09. The Kier molecular flexibility index (Phi) is 6.74. The number of pyridine rings is 1. The third-order valence-electron chi connectivity index (χ3n) is 5.40. The van der Waals surface area contributed by atoms with Gasteiger partial charge in [0.05, 0.1) is 22.6 Å². The second-order valence-corrected chi connectivity index (χ2v) is 9.12. The van der Waals surface area contributed by atoms with Crippen molar-refractivity contribution in [3.63, 3.8) is 0 Å². The Morgan fingerprint density at radius 1 is 1.08 bits per heavy atom. The molecule has 192 valence electrons. The number of alkyl halides is 3. The van der Waals surface area contributed by atoms with Crippen molar-refractivity contribution in [2.24, 2.45) is 0 Å². The molecule has 12 heteroatoms. The number of aromatic nitrogens is 4. The summed E-state index contributed by atoms with van der Waals surface area (Å²) < 4.78 is 46.2. The highest BCUT2D eigenvalue weighted by molar-refractivity contribution is 7.22. The lowest BCUT2D eigenvalue weighted by Crippen LogP contribution is -2.04. The van der Waals surface area contributed by atoms with Crippen LogP contribution < -0.4 is 10.1 Å². The van der Waals surface area contributed by atoms with E-state index in [4.69, 9.17) is 4.74 Å². The van der Waals surface area contributed by atoms with Crippen LogP contribution in [0.5, 0.6) is 11.6 Å². The molecule has 1 amide bonds. The number of hydrogen-bond donors (Lipinski definition) is 2. The van der Waals surface area contributed by atoms with E-state index in [1.165, 1.54) is 48.9 Å². The lowest BCUT2D eigenvalue weighted by Gasteiger charge is -2.12. The van der Waals surface area contributed by atoms with Crippen molar-refractivity contribution in [2.45, 2.75) is 19.7 Å². The summed E-state index contributed by atoms with van der Waals surface area (Å²) >= 11 is 1.28. The lowest BCUT2D eigenvalue weighted by atomic mass is 10.1. The molecule has 0 radical (unpaired) electrons. The number of halogens is 3. The van der Waals surface area contributed by atoms with Crippen molar-refractivity contribution in [3.8, 4) is 34.3 Å². The number of hydrogen-bond acceptors (Lipinski definition) is 8. The van der Waals surface area contributed by atoms with E-state index in [2.05, 4.69) is 25.3 Å². The van der Waals surface area contributed by atoms with Gasteiger partial charge in [0.25, 0.3) is 0 Å². The Balaban J connectivity index is 1.61. The maximum absolute atomic E-state index is 13.1. The summed E-state index contributed by atoms with van der Waals surface area (Å²) in [5.74, 6) is 0.390. The maximum Gasteiger partial charge on any atom is 0.416 e. The number of benzene rings is 2. The molecule has 0 saturated heterocycles. The topological polar surface area (TPSA) is 110 Å². The highest BCUT2D eigenvalue weighted by Crippen LogP contribution is 2.36. The molecule has 0 aliphatic rings. The van der Waals surface area contributed by atoms with Crippen LogP contribution in [0.4, 0.5) is 18.3 Å². The maximum atomic E-state index is 13.1. The molecule has 3 heterocycles. The Bertz CT molecular complexity index is 1640. The Labute approximate surface area is 217 Å². The highest BCUT2D eigenvalue weighted by Gasteiger charge is 2.30. The summed E-state index contributed by atoms with van der Waals surface area (Å²) in [6.45, 7) is 1.06. The number of para-hydroxylation sites is 1. The first-order valence-electron chi connectivity index (χ1n) is 11.2. The molecule has 0 atom stereocenters. The number of aliphatic hydroxyl groups is 1. The van der Waals surface area contributed by atoms with E-state index in [1.54, 1.807) is 18.2 Å². The zero-order chi connectivity index (χ0) is 26.9. The fraction of sp³-hybridized carbons (Fsp3) is 0.115. The van der Waals surface area contributed by atoms with Gasteiger partial charge in [0.2, 0.25) is 11.8 Å². The average molecular weight is 538 g/mol. The van der Waals surface area contributed by atoms with Crippen molar-refractivity contribution in [1.82, 2.24) is 19.9 Å². The van der Waals surface area contributed by atoms with Crippen LogP contribution in [0.25, 0.3) is 32.9 Å². The molecular formula is C26H18F3N5O3S. The van der Waals surface area contributed by atoms with Crippen molar-refractivity contribution >= 4 is 32.6 Å². The standard InChI is InChI=1S/C26H18F3N5O3S/c1-14(36)31-25-34-23-20(3-2-4-21(23)38-25)37-22-11-19(15-5-7-17(8-6-15)26(27,28)29)32-24(33-22)18-9-10-30-12-16(18)13-35/h2-12,35H,13H2,1H3,(H,31,34,36). The van der Waals surface area contributed by atoms with Gasteiger partial charge in [0, 0.05) is 42.1 Å². The van der Waals surface area contributed by atoms with E-state index < -0.39 is 11.7 Å². The van der Waals surface area contributed by atoms with Crippen LogP contribution in [-0.2, 0) is 17.6 Å². The molecule has 0 aliphatic carbocycles. The van der Waals surface area contributed by atoms with E-state index in [1.807, 2.05) is 6.07 Å². The van der Waals surface area contributed by atoms with E-state index in [-0.39, 0.29) is 24.2 Å². The van der Waals surface area contributed by atoms with Crippen LogP contribution in [0.15, 0.2) is 67.0 Å². The summed E-state index contributed by atoms with van der Waals surface area (Å²) in [6.07, 6.45) is -1.48. The van der Waals surface area contributed by atoms with Gasteiger partial charge in [0.15, 0.2) is 16.7 Å². The fourth-order valence-corrected chi connectivity index (χ4v) is 4.60. The number of nitrogens with one attached hydrogen (secondary N) is 1. The van der Waals surface area contributed by atoms with Crippen LogP contribution in [0, 0.1) is 0 Å². The predicted octanol–water partition coefficient (Wildman–Crippen LogP) is 6.08. The first kappa shape index (κ1) is 25.2. The quantitative estimate of drug-likeness (QED) is 0.270. The highest BCUT2D eigenvalue weighted by atomic mass is 32.1. The summed E-state index contributed by atoms with van der Waals surface area (Å²) in [6, 6.07) is 13.0. The molecule has 0 fully saturated rings. The molecule has 5 rings (SSSR count). The molecule has 0 saturated carbocycles. The van der Waals surface area contributed by atoms with Gasteiger partial charge in [-0.05, 0) is 30.3 Å². The lowest BCUT2D eigenvalue weighted by molar-refractivity contribution is -0.137. The molecular weight excluding hydrogens is 519 g/mol. The molecule has 3 aromatic heterocycles. The van der Waals surface area contributed by atoms with Gasteiger partial charge in [-0.3, -0.25) is 9.78 Å². The van der Waals surface area contributed by atoms with Crippen LogP contribution in [0.2, 0.25) is 0 Å². The number of thiazole rings is 1. The first-order valence-corrected chi connectivity index (χ1v) is 12.0. The molecule has 0 aliphatic heterocycles. The number of rotatable bonds is 6. The van der Waals surface area contributed by atoms with Gasteiger partial charge < -0.3 is 15.2 Å². The molecule has 38 heavy (non-hydrogen) atoms. The predicted molar refractivity (Wildman–Crippen MR) is 136 cm³/mol. The normalized spacial score (nSPS) is 11.5. The molecule has 8 nitrogen and oxygen atoms in total. The average Bonchev–Trinajstić information content (AvgIpc) is 3.31. The Morgan fingerprint density at radius 3 is 2.58 bits per heavy atom. The summed E-state index contributed by atoms with van der Waals surface area (Å²) in [5.41, 5.74) is 1.38. The minimum atomic E-state index is -4.47. The van der Waals surface area contributed by atoms with Gasteiger partial charge in [-0.2, -0.15) is 18.2 Å². The monoisotopic (exact) mass is 537 g/mol. The Morgan fingerprint density at radius 2 is 1.87 bits per heavy atom. The third kappa shape index (κ3) is 5.31.